The van der Waals surface area contributed by atoms with Crippen molar-refractivity contribution in [1.82, 2.24) is 14.8 Å². The molecule has 0 saturated carbocycles. The summed E-state index contributed by atoms with van der Waals surface area (Å²) in [6.07, 6.45) is 3.09. The van der Waals surface area contributed by atoms with Gasteiger partial charge in [-0.25, -0.2) is 4.79 Å². The fourth-order valence-electron chi connectivity index (χ4n) is 3.32. The monoisotopic (exact) mass is 299 g/mol. The quantitative estimate of drug-likeness (QED) is 0.920. The van der Waals surface area contributed by atoms with E-state index in [0.29, 0.717) is 6.54 Å². The lowest BCUT2D eigenvalue weighted by Gasteiger charge is -2.36. The minimum Gasteiger partial charge on any atom is -0.357 e. The van der Waals surface area contributed by atoms with Crippen LogP contribution >= 0.6 is 0 Å². The van der Waals surface area contributed by atoms with Crippen LogP contribution in [-0.4, -0.2) is 40.4 Å². The smallest absolute Gasteiger partial charge is 0.320 e. The Kier molecular flexibility index (Phi) is 4.10. The summed E-state index contributed by atoms with van der Waals surface area (Å²) in [4.78, 5) is 20.0. The van der Waals surface area contributed by atoms with Gasteiger partial charge in [-0.15, -0.1) is 0 Å². The van der Waals surface area contributed by atoms with Crippen LogP contribution in [0.4, 0.5) is 4.79 Å². The van der Waals surface area contributed by atoms with E-state index >= 15 is 0 Å². The summed E-state index contributed by atoms with van der Waals surface area (Å²) in [5.41, 5.74) is 3.74. The van der Waals surface area contributed by atoms with E-state index in [-0.39, 0.29) is 12.1 Å². The van der Waals surface area contributed by atoms with Crippen molar-refractivity contribution in [3.63, 3.8) is 0 Å². The first-order valence-corrected chi connectivity index (χ1v) is 8.22. The fraction of sp³-hybridized carbons (Fsp3) is 0.500. The van der Waals surface area contributed by atoms with E-state index in [0.717, 1.165) is 25.8 Å². The maximum absolute atomic E-state index is 12.7. The largest absolute Gasteiger partial charge is 0.357 e. The normalized spacial score (nSPS) is 17.6. The number of carbonyl (C=O) groups excluding carboxylic acids is 1. The second kappa shape index (κ2) is 6.03. The molecule has 22 heavy (non-hydrogen) atoms. The molecule has 1 aromatic carbocycles. The van der Waals surface area contributed by atoms with Crippen LogP contribution in [0.5, 0.6) is 0 Å². The maximum Gasteiger partial charge on any atom is 0.320 e. The van der Waals surface area contributed by atoms with Crippen molar-refractivity contribution in [3.8, 4) is 0 Å². The average molecular weight is 299 g/mol. The second-order valence-corrected chi connectivity index (χ2v) is 6.37. The minimum absolute atomic E-state index is 0.144. The SMILES string of the molecule is CCCCN(C)C(=O)N1Cc2[nH]c3ccccc3c2CC1C. The molecule has 3 rings (SSSR count). The number of H-pyrrole nitrogens is 1. The van der Waals surface area contributed by atoms with Gasteiger partial charge in [0, 0.05) is 36.2 Å². The van der Waals surface area contributed by atoms with Gasteiger partial charge < -0.3 is 14.8 Å². The molecule has 2 amide bonds. The van der Waals surface area contributed by atoms with Gasteiger partial charge in [-0.05, 0) is 31.4 Å². The first-order chi connectivity index (χ1) is 10.6. The van der Waals surface area contributed by atoms with Crippen LogP contribution in [-0.2, 0) is 13.0 Å². The van der Waals surface area contributed by atoms with E-state index in [2.05, 4.69) is 43.1 Å². The highest BCUT2D eigenvalue weighted by atomic mass is 16.2. The topological polar surface area (TPSA) is 39.3 Å². The number of urea groups is 1. The maximum atomic E-state index is 12.7. The number of rotatable bonds is 3. The summed E-state index contributed by atoms with van der Waals surface area (Å²) in [6.45, 7) is 5.81. The van der Waals surface area contributed by atoms with E-state index in [1.807, 2.05) is 16.8 Å². The molecule has 4 heteroatoms. The Balaban J connectivity index is 1.83. The lowest BCUT2D eigenvalue weighted by Crippen LogP contribution is -2.48. The number of amides is 2. The molecule has 0 aliphatic carbocycles. The summed E-state index contributed by atoms with van der Waals surface area (Å²) in [5, 5.41) is 1.30. The highest BCUT2D eigenvalue weighted by Crippen LogP contribution is 2.30. The first kappa shape index (κ1) is 14.9. The molecule has 1 aromatic heterocycles. The molecule has 0 bridgehead atoms. The molecule has 1 aliphatic heterocycles. The molecule has 1 aliphatic rings. The number of hydrogen-bond donors (Lipinski definition) is 1. The van der Waals surface area contributed by atoms with E-state index in [1.165, 1.54) is 22.2 Å². The Morgan fingerprint density at radius 1 is 1.41 bits per heavy atom. The van der Waals surface area contributed by atoms with Gasteiger partial charge in [0.05, 0.1) is 6.54 Å². The number of benzene rings is 1. The van der Waals surface area contributed by atoms with E-state index in [1.54, 1.807) is 0 Å². The summed E-state index contributed by atoms with van der Waals surface area (Å²) in [6, 6.07) is 8.79. The van der Waals surface area contributed by atoms with Crippen molar-refractivity contribution in [1.29, 1.82) is 0 Å². The zero-order valence-electron chi connectivity index (χ0n) is 13.7. The third-order valence-corrected chi connectivity index (χ3v) is 4.68. The van der Waals surface area contributed by atoms with Crippen LogP contribution < -0.4 is 0 Å². The molecule has 118 valence electrons. The predicted molar refractivity (Wildman–Crippen MR) is 89.9 cm³/mol. The lowest BCUT2D eigenvalue weighted by molar-refractivity contribution is 0.135. The number of nitrogens with zero attached hydrogens (tertiary/aromatic N) is 2. The summed E-state index contributed by atoms with van der Waals surface area (Å²) < 4.78 is 0. The van der Waals surface area contributed by atoms with Gasteiger partial charge in [0.15, 0.2) is 0 Å². The van der Waals surface area contributed by atoms with Gasteiger partial charge in [-0.1, -0.05) is 31.5 Å². The highest BCUT2D eigenvalue weighted by molar-refractivity contribution is 5.85. The van der Waals surface area contributed by atoms with Crippen LogP contribution in [0.2, 0.25) is 0 Å². The molecule has 2 aromatic rings. The Hall–Kier alpha value is -1.97. The number of hydrogen-bond acceptors (Lipinski definition) is 1. The van der Waals surface area contributed by atoms with Crippen LogP contribution in [0.25, 0.3) is 10.9 Å². The zero-order valence-corrected chi connectivity index (χ0v) is 13.7. The van der Waals surface area contributed by atoms with Crippen molar-refractivity contribution in [2.75, 3.05) is 13.6 Å². The van der Waals surface area contributed by atoms with Crippen molar-refractivity contribution in [2.45, 2.75) is 45.7 Å². The van der Waals surface area contributed by atoms with Crippen molar-refractivity contribution < 1.29 is 4.79 Å². The number of carbonyl (C=O) groups is 1. The first-order valence-electron chi connectivity index (χ1n) is 8.22. The predicted octanol–water partition coefficient (Wildman–Crippen LogP) is 3.77. The number of para-hydroxylation sites is 1. The third kappa shape index (κ3) is 2.58. The summed E-state index contributed by atoms with van der Waals surface area (Å²) >= 11 is 0. The Morgan fingerprint density at radius 2 is 2.18 bits per heavy atom. The van der Waals surface area contributed by atoms with Crippen molar-refractivity contribution in [3.05, 3.63) is 35.5 Å². The second-order valence-electron chi connectivity index (χ2n) is 6.37. The number of aromatic nitrogens is 1. The standard InChI is InChI=1S/C18H25N3O/c1-4-5-10-20(3)18(22)21-12-17-15(11-13(21)2)14-8-6-7-9-16(14)19-17/h6-9,13,19H,4-5,10-12H2,1-3H3. The Labute approximate surface area is 132 Å². The molecule has 0 radical (unpaired) electrons. The van der Waals surface area contributed by atoms with Gasteiger partial charge in [-0.3, -0.25) is 0 Å². The molecule has 4 nitrogen and oxygen atoms in total. The number of unbranched alkanes of at least 4 members (excludes halogenated alkanes) is 1. The van der Waals surface area contributed by atoms with E-state index < -0.39 is 0 Å². The van der Waals surface area contributed by atoms with E-state index in [9.17, 15) is 4.79 Å². The number of aromatic amines is 1. The number of fused-ring (bicyclic) bond motifs is 3. The van der Waals surface area contributed by atoms with Crippen LogP contribution in [0.3, 0.4) is 0 Å². The molecule has 2 heterocycles. The van der Waals surface area contributed by atoms with E-state index in [4.69, 9.17) is 0 Å². The molecule has 0 spiro atoms. The fourth-order valence-corrected chi connectivity index (χ4v) is 3.32. The molecular formula is C18H25N3O. The third-order valence-electron chi connectivity index (χ3n) is 4.68. The molecule has 1 unspecified atom stereocenters. The van der Waals surface area contributed by atoms with Gasteiger partial charge in [0.1, 0.15) is 0 Å². The Bertz CT molecular complexity index is 676. The molecular weight excluding hydrogens is 274 g/mol. The van der Waals surface area contributed by atoms with Crippen LogP contribution in [0.1, 0.15) is 37.9 Å². The number of nitrogens with one attached hydrogen (secondary N) is 1. The van der Waals surface area contributed by atoms with Gasteiger partial charge in [0.2, 0.25) is 0 Å². The van der Waals surface area contributed by atoms with Gasteiger partial charge in [-0.2, -0.15) is 0 Å². The molecule has 1 N–H and O–H groups in total. The van der Waals surface area contributed by atoms with Gasteiger partial charge in [0.25, 0.3) is 0 Å². The van der Waals surface area contributed by atoms with Crippen molar-refractivity contribution >= 4 is 16.9 Å². The average Bonchev–Trinajstić information content (AvgIpc) is 2.88. The Morgan fingerprint density at radius 3 is 2.95 bits per heavy atom. The van der Waals surface area contributed by atoms with Gasteiger partial charge >= 0.3 is 6.03 Å². The summed E-state index contributed by atoms with van der Waals surface area (Å²) in [7, 11) is 1.91. The van der Waals surface area contributed by atoms with Crippen LogP contribution in [0.15, 0.2) is 24.3 Å². The zero-order chi connectivity index (χ0) is 15.7. The van der Waals surface area contributed by atoms with Crippen LogP contribution in [0, 0.1) is 0 Å². The molecule has 0 fully saturated rings. The minimum atomic E-state index is 0.144. The summed E-state index contributed by atoms with van der Waals surface area (Å²) in [5.74, 6) is 0. The highest BCUT2D eigenvalue weighted by Gasteiger charge is 2.30. The molecule has 1 atom stereocenters. The van der Waals surface area contributed by atoms with Crippen molar-refractivity contribution in [2.24, 2.45) is 0 Å². The molecule has 0 saturated heterocycles. The lowest BCUT2D eigenvalue weighted by atomic mass is 9.98.